The van der Waals surface area contributed by atoms with Crippen molar-refractivity contribution in [1.29, 1.82) is 0 Å². The average molecular weight is 482 g/mol. The van der Waals surface area contributed by atoms with E-state index in [0.717, 1.165) is 17.5 Å². The van der Waals surface area contributed by atoms with Gasteiger partial charge in [-0.1, -0.05) is 74.0 Å². The van der Waals surface area contributed by atoms with Gasteiger partial charge < -0.3 is 4.42 Å². The molecule has 6 nitrogen and oxygen atoms in total. The third kappa shape index (κ3) is 5.50. The van der Waals surface area contributed by atoms with Gasteiger partial charge in [0.15, 0.2) is 0 Å². The van der Waals surface area contributed by atoms with Crippen molar-refractivity contribution in [3.63, 3.8) is 0 Å². The molecule has 1 aromatic heterocycles. The van der Waals surface area contributed by atoms with E-state index in [1.807, 2.05) is 42.5 Å². The molecule has 0 saturated carbocycles. The van der Waals surface area contributed by atoms with Gasteiger partial charge >= 0.3 is 0 Å². The third-order valence-corrected chi connectivity index (χ3v) is 6.86. The number of rotatable bonds is 8. The number of nitrogens with one attached hydrogen (secondary N) is 1. The highest BCUT2D eigenvalue weighted by atomic mass is 35.5. The van der Waals surface area contributed by atoms with Crippen LogP contribution in [0.1, 0.15) is 36.9 Å². The summed E-state index contributed by atoms with van der Waals surface area (Å²) in [5, 5.41) is 8.63. The molecular weight excluding hydrogens is 458 g/mol. The van der Waals surface area contributed by atoms with E-state index < -0.39 is 16.1 Å². The van der Waals surface area contributed by atoms with Gasteiger partial charge in [0.1, 0.15) is 6.04 Å². The summed E-state index contributed by atoms with van der Waals surface area (Å²) >= 11 is 6.41. The second kappa shape index (κ2) is 9.87. The summed E-state index contributed by atoms with van der Waals surface area (Å²) in [6.45, 7) is 4.24. The van der Waals surface area contributed by atoms with Gasteiger partial charge in [-0.05, 0) is 53.8 Å². The fraction of sp³-hybridized carbons (Fsp3) is 0.200. The summed E-state index contributed by atoms with van der Waals surface area (Å²) in [7, 11) is -3.91. The molecule has 1 atom stereocenters. The molecule has 170 valence electrons. The van der Waals surface area contributed by atoms with Crippen molar-refractivity contribution in [2.75, 3.05) is 0 Å². The van der Waals surface area contributed by atoms with Crippen LogP contribution in [0.2, 0.25) is 5.02 Å². The van der Waals surface area contributed by atoms with Gasteiger partial charge in [-0.3, -0.25) is 0 Å². The van der Waals surface area contributed by atoms with Crippen molar-refractivity contribution < 1.29 is 12.8 Å². The zero-order chi connectivity index (χ0) is 23.4. The van der Waals surface area contributed by atoms with E-state index in [1.54, 1.807) is 36.4 Å². The predicted molar refractivity (Wildman–Crippen MR) is 128 cm³/mol. The standard InChI is InChI=1S/C25H24ClN3O3S/c1-17(2)16-18-12-14-20(15-13-18)33(30,31)29-23(21-10-6-7-11-22(21)26)25-28-27-24(32-25)19-8-4-3-5-9-19/h3-15,17,23,29H,16H2,1-2H3. The Labute approximate surface area is 198 Å². The molecule has 0 aliphatic heterocycles. The minimum Gasteiger partial charge on any atom is -0.419 e. The Kier molecular flexibility index (Phi) is 6.93. The van der Waals surface area contributed by atoms with Crippen LogP contribution >= 0.6 is 11.6 Å². The van der Waals surface area contributed by atoms with Gasteiger partial charge in [-0.25, -0.2) is 8.42 Å². The summed E-state index contributed by atoms with van der Waals surface area (Å²) in [5.41, 5.74) is 2.33. The quantitative estimate of drug-likeness (QED) is 0.351. The minimum absolute atomic E-state index is 0.0990. The number of sulfonamides is 1. The lowest BCUT2D eigenvalue weighted by molar-refractivity contribution is 0.464. The van der Waals surface area contributed by atoms with Crippen molar-refractivity contribution in [2.24, 2.45) is 5.92 Å². The maximum atomic E-state index is 13.3. The molecule has 1 N–H and O–H groups in total. The molecule has 4 aromatic rings. The molecule has 0 saturated heterocycles. The number of hydrogen-bond acceptors (Lipinski definition) is 5. The molecule has 8 heteroatoms. The number of aromatic nitrogens is 2. The number of halogens is 1. The Bertz CT molecular complexity index is 1320. The maximum absolute atomic E-state index is 13.3. The molecule has 3 aromatic carbocycles. The first-order valence-corrected chi connectivity index (χ1v) is 12.4. The lowest BCUT2D eigenvalue weighted by atomic mass is 10.0. The van der Waals surface area contributed by atoms with Crippen LogP contribution in [0, 0.1) is 5.92 Å². The second-order valence-electron chi connectivity index (χ2n) is 8.13. The van der Waals surface area contributed by atoms with E-state index in [2.05, 4.69) is 28.8 Å². The number of nitrogens with zero attached hydrogens (tertiary/aromatic N) is 2. The highest BCUT2D eigenvalue weighted by Gasteiger charge is 2.29. The molecule has 0 aliphatic carbocycles. The van der Waals surface area contributed by atoms with Crippen molar-refractivity contribution in [3.8, 4) is 11.5 Å². The summed E-state index contributed by atoms with van der Waals surface area (Å²) in [4.78, 5) is 0.148. The number of hydrogen-bond donors (Lipinski definition) is 1. The highest BCUT2D eigenvalue weighted by Crippen LogP contribution is 2.31. The minimum atomic E-state index is -3.91. The van der Waals surface area contributed by atoms with Crippen LogP contribution in [0.3, 0.4) is 0 Å². The van der Waals surface area contributed by atoms with Crippen LogP contribution in [-0.2, 0) is 16.4 Å². The molecule has 0 spiro atoms. The molecule has 0 radical (unpaired) electrons. The summed E-state index contributed by atoms with van der Waals surface area (Å²) in [6, 6.07) is 22.2. The van der Waals surface area contributed by atoms with E-state index in [-0.39, 0.29) is 10.8 Å². The molecule has 4 rings (SSSR count). The van der Waals surface area contributed by atoms with Gasteiger partial charge in [-0.2, -0.15) is 4.72 Å². The zero-order valence-electron chi connectivity index (χ0n) is 18.3. The van der Waals surface area contributed by atoms with Crippen molar-refractivity contribution >= 4 is 21.6 Å². The first-order chi connectivity index (χ1) is 15.8. The van der Waals surface area contributed by atoms with Crippen LogP contribution in [0.15, 0.2) is 88.2 Å². The SMILES string of the molecule is CC(C)Cc1ccc(S(=O)(=O)NC(c2nnc(-c3ccccc3)o2)c2ccccc2Cl)cc1. The van der Waals surface area contributed by atoms with E-state index >= 15 is 0 Å². The predicted octanol–water partition coefficient (Wildman–Crippen LogP) is 5.66. The first-order valence-electron chi connectivity index (χ1n) is 10.6. The summed E-state index contributed by atoms with van der Waals surface area (Å²) < 4.78 is 35.1. The van der Waals surface area contributed by atoms with Crippen LogP contribution in [0.5, 0.6) is 0 Å². The van der Waals surface area contributed by atoms with Crippen LogP contribution in [-0.4, -0.2) is 18.6 Å². The van der Waals surface area contributed by atoms with Gasteiger partial charge in [0.2, 0.25) is 21.8 Å². The summed E-state index contributed by atoms with van der Waals surface area (Å²) in [5.74, 6) is 0.869. The largest absolute Gasteiger partial charge is 0.419 e. The van der Waals surface area contributed by atoms with E-state index in [0.29, 0.717) is 22.4 Å². The molecule has 0 amide bonds. The zero-order valence-corrected chi connectivity index (χ0v) is 19.8. The molecule has 0 bridgehead atoms. The fourth-order valence-electron chi connectivity index (χ4n) is 3.50. The Balaban J connectivity index is 1.69. The Hall–Kier alpha value is -3.00. The molecule has 0 fully saturated rings. The molecule has 1 heterocycles. The van der Waals surface area contributed by atoms with Crippen molar-refractivity contribution in [1.82, 2.24) is 14.9 Å². The monoisotopic (exact) mass is 481 g/mol. The first kappa shape index (κ1) is 23.2. The van der Waals surface area contributed by atoms with Crippen molar-refractivity contribution in [2.45, 2.75) is 31.2 Å². The highest BCUT2D eigenvalue weighted by molar-refractivity contribution is 7.89. The van der Waals surface area contributed by atoms with Gasteiger partial charge in [0, 0.05) is 10.6 Å². The Morgan fingerprint density at radius 3 is 2.24 bits per heavy atom. The van der Waals surface area contributed by atoms with Gasteiger partial charge in [0.25, 0.3) is 0 Å². The van der Waals surface area contributed by atoms with E-state index in [9.17, 15) is 8.42 Å². The van der Waals surface area contributed by atoms with Crippen LogP contribution in [0.4, 0.5) is 0 Å². The second-order valence-corrected chi connectivity index (χ2v) is 10.3. The van der Waals surface area contributed by atoms with Gasteiger partial charge in [0.05, 0.1) is 4.90 Å². The lowest BCUT2D eigenvalue weighted by Crippen LogP contribution is -2.30. The van der Waals surface area contributed by atoms with E-state index in [4.69, 9.17) is 16.0 Å². The third-order valence-electron chi connectivity index (χ3n) is 5.08. The topological polar surface area (TPSA) is 85.1 Å². The normalized spacial score (nSPS) is 12.7. The van der Waals surface area contributed by atoms with Crippen LogP contribution < -0.4 is 4.72 Å². The maximum Gasteiger partial charge on any atom is 0.247 e. The lowest BCUT2D eigenvalue weighted by Gasteiger charge is -2.17. The summed E-state index contributed by atoms with van der Waals surface area (Å²) in [6.07, 6.45) is 0.875. The molecule has 33 heavy (non-hydrogen) atoms. The molecular formula is C25H24ClN3O3S. The molecule has 0 aliphatic rings. The van der Waals surface area contributed by atoms with Crippen LogP contribution in [0.25, 0.3) is 11.5 Å². The van der Waals surface area contributed by atoms with Gasteiger partial charge in [-0.15, -0.1) is 10.2 Å². The fourth-order valence-corrected chi connectivity index (χ4v) is 4.92. The number of benzene rings is 3. The Morgan fingerprint density at radius 2 is 1.58 bits per heavy atom. The van der Waals surface area contributed by atoms with Crippen molar-refractivity contribution in [3.05, 3.63) is 101 Å². The van der Waals surface area contributed by atoms with E-state index in [1.165, 1.54) is 0 Å². The molecule has 1 unspecified atom stereocenters. The average Bonchev–Trinajstić information content (AvgIpc) is 3.29. The Morgan fingerprint density at radius 1 is 0.909 bits per heavy atom. The smallest absolute Gasteiger partial charge is 0.247 e.